The lowest BCUT2D eigenvalue weighted by atomic mass is 10.2. The van der Waals surface area contributed by atoms with Crippen LogP contribution in [0.15, 0.2) is 29.2 Å². The Morgan fingerprint density at radius 1 is 1.29 bits per heavy atom. The number of hydrogen-bond donors (Lipinski definition) is 2. The van der Waals surface area contributed by atoms with E-state index in [1.165, 1.54) is 11.8 Å². The number of amides is 1. The summed E-state index contributed by atoms with van der Waals surface area (Å²) < 4.78 is 5.34. The van der Waals surface area contributed by atoms with Crippen molar-refractivity contribution in [2.75, 3.05) is 12.4 Å². The summed E-state index contributed by atoms with van der Waals surface area (Å²) in [7, 11) is 0. The van der Waals surface area contributed by atoms with Crippen molar-refractivity contribution >= 4 is 23.6 Å². The Balaban J connectivity index is 2.43. The van der Waals surface area contributed by atoms with Gasteiger partial charge < -0.3 is 15.2 Å². The highest BCUT2D eigenvalue weighted by Gasteiger charge is 2.18. The number of carbonyl (C=O) groups excluding carboxylic acids is 1. The van der Waals surface area contributed by atoms with Crippen LogP contribution in [0.1, 0.15) is 26.7 Å². The zero-order chi connectivity index (χ0) is 15.7. The number of carbonyl (C=O) groups is 2. The lowest BCUT2D eigenvalue weighted by Crippen LogP contribution is -2.41. The molecule has 1 aromatic rings. The molecule has 116 valence electrons. The molecule has 0 aliphatic carbocycles. The van der Waals surface area contributed by atoms with Gasteiger partial charge >= 0.3 is 5.97 Å². The second kappa shape index (κ2) is 9.28. The Morgan fingerprint density at radius 3 is 2.48 bits per heavy atom. The monoisotopic (exact) mass is 311 g/mol. The molecule has 1 amide bonds. The van der Waals surface area contributed by atoms with Crippen LogP contribution in [0.4, 0.5) is 0 Å². The van der Waals surface area contributed by atoms with E-state index in [0.29, 0.717) is 19.4 Å². The summed E-state index contributed by atoms with van der Waals surface area (Å²) in [4.78, 5) is 23.7. The van der Waals surface area contributed by atoms with Crippen LogP contribution in [0.3, 0.4) is 0 Å². The van der Waals surface area contributed by atoms with Crippen LogP contribution >= 0.6 is 11.8 Å². The third-order valence-corrected chi connectivity index (χ3v) is 3.73. The molecule has 0 aliphatic heterocycles. The van der Waals surface area contributed by atoms with Gasteiger partial charge in [0.15, 0.2) is 0 Å². The van der Waals surface area contributed by atoms with E-state index in [1.54, 1.807) is 0 Å². The zero-order valence-corrected chi connectivity index (χ0v) is 13.1. The number of ether oxygens (including phenoxy) is 1. The molecule has 0 fully saturated rings. The molecule has 0 aromatic heterocycles. The first-order valence-electron chi connectivity index (χ1n) is 6.94. The third-order valence-electron chi connectivity index (χ3n) is 2.72. The van der Waals surface area contributed by atoms with Crippen LogP contribution in [0.25, 0.3) is 0 Å². The second-order valence-electron chi connectivity index (χ2n) is 4.44. The molecule has 0 spiro atoms. The summed E-state index contributed by atoms with van der Waals surface area (Å²) in [5, 5.41) is 11.5. The highest BCUT2D eigenvalue weighted by Crippen LogP contribution is 2.21. The molecule has 5 nitrogen and oxygen atoms in total. The molecule has 0 heterocycles. The summed E-state index contributed by atoms with van der Waals surface area (Å²) in [5.41, 5.74) is 0. The number of hydrogen-bond acceptors (Lipinski definition) is 4. The van der Waals surface area contributed by atoms with E-state index in [1.807, 2.05) is 38.1 Å². The first-order valence-corrected chi connectivity index (χ1v) is 7.93. The average molecular weight is 311 g/mol. The maximum Gasteiger partial charge on any atom is 0.326 e. The van der Waals surface area contributed by atoms with Crippen molar-refractivity contribution in [1.82, 2.24) is 5.32 Å². The molecule has 0 saturated carbocycles. The molecule has 1 atom stereocenters. The largest absolute Gasteiger partial charge is 0.494 e. The minimum absolute atomic E-state index is 0.196. The number of nitrogens with one attached hydrogen (secondary N) is 1. The summed E-state index contributed by atoms with van der Waals surface area (Å²) in [6, 6.07) is 6.65. The van der Waals surface area contributed by atoms with Crippen molar-refractivity contribution < 1.29 is 19.4 Å². The van der Waals surface area contributed by atoms with Crippen LogP contribution in [0, 0.1) is 0 Å². The summed E-state index contributed by atoms with van der Waals surface area (Å²) in [6.45, 7) is 4.42. The first-order chi connectivity index (χ1) is 10.1. The quantitative estimate of drug-likeness (QED) is 0.685. The van der Waals surface area contributed by atoms with E-state index < -0.39 is 12.0 Å². The minimum Gasteiger partial charge on any atom is -0.494 e. The van der Waals surface area contributed by atoms with E-state index >= 15 is 0 Å². The highest BCUT2D eigenvalue weighted by atomic mass is 32.2. The van der Waals surface area contributed by atoms with Crippen LogP contribution < -0.4 is 10.1 Å². The molecular weight excluding hydrogens is 290 g/mol. The van der Waals surface area contributed by atoms with Crippen LogP contribution in [0.2, 0.25) is 0 Å². The van der Waals surface area contributed by atoms with E-state index in [0.717, 1.165) is 10.6 Å². The zero-order valence-electron chi connectivity index (χ0n) is 12.3. The number of rotatable bonds is 9. The fourth-order valence-electron chi connectivity index (χ4n) is 1.73. The molecular formula is C15H21NO4S. The predicted molar refractivity (Wildman–Crippen MR) is 82.8 cm³/mol. The van der Waals surface area contributed by atoms with Gasteiger partial charge in [0, 0.05) is 4.90 Å². The Hall–Kier alpha value is -1.69. The van der Waals surface area contributed by atoms with E-state index in [-0.39, 0.29) is 11.7 Å². The number of benzene rings is 1. The molecule has 21 heavy (non-hydrogen) atoms. The number of aliphatic carboxylic acids is 1. The van der Waals surface area contributed by atoms with Crippen molar-refractivity contribution in [2.24, 2.45) is 0 Å². The fraction of sp³-hybridized carbons (Fsp3) is 0.467. The van der Waals surface area contributed by atoms with Gasteiger partial charge in [0.05, 0.1) is 12.4 Å². The molecule has 0 bridgehead atoms. The summed E-state index contributed by atoms with van der Waals surface area (Å²) in [5.74, 6) is -0.271. The van der Waals surface area contributed by atoms with E-state index in [9.17, 15) is 9.59 Å². The van der Waals surface area contributed by atoms with E-state index in [2.05, 4.69) is 5.32 Å². The highest BCUT2D eigenvalue weighted by molar-refractivity contribution is 8.00. The van der Waals surface area contributed by atoms with Gasteiger partial charge in [0.2, 0.25) is 5.91 Å². The van der Waals surface area contributed by atoms with Crippen molar-refractivity contribution in [1.29, 1.82) is 0 Å². The van der Waals surface area contributed by atoms with Gasteiger partial charge in [0.25, 0.3) is 0 Å². The Labute approximate surface area is 129 Å². The van der Waals surface area contributed by atoms with Gasteiger partial charge in [-0.25, -0.2) is 4.79 Å². The van der Waals surface area contributed by atoms with E-state index in [4.69, 9.17) is 9.84 Å². The molecule has 0 unspecified atom stereocenters. The van der Waals surface area contributed by atoms with Gasteiger partial charge in [-0.1, -0.05) is 13.3 Å². The predicted octanol–water partition coefficient (Wildman–Crippen LogP) is 2.55. The van der Waals surface area contributed by atoms with Gasteiger partial charge in [0.1, 0.15) is 11.8 Å². The minimum atomic E-state index is -0.990. The Bertz CT molecular complexity index is 461. The first kappa shape index (κ1) is 17.4. The molecule has 6 heteroatoms. The Kier molecular flexibility index (Phi) is 7.68. The maximum absolute atomic E-state index is 11.8. The number of carboxylic acids is 1. The summed E-state index contributed by atoms with van der Waals surface area (Å²) >= 11 is 1.37. The number of carboxylic acid groups (broad SMARTS) is 1. The fourth-order valence-corrected chi connectivity index (χ4v) is 2.44. The average Bonchev–Trinajstić information content (AvgIpc) is 2.46. The van der Waals surface area contributed by atoms with Crippen molar-refractivity contribution in [3.8, 4) is 5.75 Å². The van der Waals surface area contributed by atoms with Crippen molar-refractivity contribution in [3.63, 3.8) is 0 Å². The third kappa shape index (κ3) is 6.53. The molecule has 1 aromatic carbocycles. The second-order valence-corrected chi connectivity index (χ2v) is 5.49. The Morgan fingerprint density at radius 2 is 1.95 bits per heavy atom. The van der Waals surface area contributed by atoms with Crippen molar-refractivity contribution in [3.05, 3.63) is 24.3 Å². The van der Waals surface area contributed by atoms with Crippen LogP contribution in [-0.4, -0.2) is 35.4 Å². The normalized spacial score (nSPS) is 11.7. The molecule has 2 N–H and O–H groups in total. The van der Waals surface area contributed by atoms with Crippen molar-refractivity contribution in [2.45, 2.75) is 37.6 Å². The molecule has 0 saturated heterocycles. The lowest BCUT2D eigenvalue weighted by Gasteiger charge is -2.13. The lowest BCUT2D eigenvalue weighted by molar-refractivity contribution is -0.141. The maximum atomic E-state index is 11.8. The standard InChI is InChI=1S/C15H21NO4S/c1-3-5-13(15(18)19)16-14(17)10-21-12-8-6-11(7-9-12)20-4-2/h6-9,13H,3-5,10H2,1-2H3,(H,16,17)(H,18,19)/t13-/m0/s1. The van der Waals surface area contributed by atoms with Crippen LogP contribution in [0.5, 0.6) is 5.75 Å². The van der Waals surface area contributed by atoms with Gasteiger partial charge in [-0.2, -0.15) is 0 Å². The SMILES string of the molecule is CCC[C@H](NC(=O)CSc1ccc(OCC)cc1)C(=O)O. The summed E-state index contributed by atoms with van der Waals surface area (Å²) in [6.07, 6.45) is 1.15. The molecule has 0 radical (unpaired) electrons. The van der Waals surface area contributed by atoms with Crippen LogP contribution in [-0.2, 0) is 9.59 Å². The molecule has 0 aliphatic rings. The topological polar surface area (TPSA) is 75.6 Å². The van der Waals surface area contributed by atoms with Gasteiger partial charge in [-0.3, -0.25) is 4.79 Å². The number of thioether (sulfide) groups is 1. The molecule has 1 rings (SSSR count). The van der Waals surface area contributed by atoms with Gasteiger partial charge in [-0.05, 0) is 37.6 Å². The smallest absolute Gasteiger partial charge is 0.326 e. The van der Waals surface area contributed by atoms with Gasteiger partial charge in [-0.15, -0.1) is 11.8 Å².